The van der Waals surface area contributed by atoms with Gasteiger partial charge < -0.3 is 4.74 Å². The highest BCUT2D eigenvalue weighted by molar-refractivity contribution is 5.88. The third-order valence-corrected chi connectivity index (χ3v) is 2.73. The molecular formula is C17H21N3O2+2. The standard InChI is InChI=1S/C9H12NO2.C8H9N2/c1-3-12-9(11)8-5-4-6-10(2)7-8;1-10-6-2-3-8(7-10)4-5-9/h4-7H,3H2,1-2H3;2-3,6-7H,4H2,1H3/q2*+1. The molecule has 2 rings (SSSR count). The van der Waals surface area contributed by atoms with Crippen molar-refractivity contribution in [2.75, 3.05) is 6.61 Å². The van der Waals surface area contributed by atoms with E-state index in [2.05, 4.69) is 6.07 Å². The summed E-state index contributed by atoms with van der Waals surface area (Å²) in [4.78, 5) is 11.2. The van der Waals surface area contributed by atoms with Crippen molar-refractivity contribution in [3.8, 4) is 6.07 Å². The minimum absolute atomic E-state index is 0.270. The van der Waals surface area contributed by atoms with Crippen LogP contribution in [-0.2, 0) is 25.3 Å². The van der Waals surface area contributed by atoms with E-state index in [1.165, 1.54) is 0 Å². The maximum Gasteiger partial charge on any atom is 0.344 e. The van der Waals surface area contributed by atoms with Crippen molar-refractivity contribution in [2.24, 2.45) is 14.1 Å². The number of rotatable bonds is 3. The summed E-state index contributed by atoms with van der Waals surface area (Å²) >= 11 is 0. The van der Waals surface area contributed by atoms with Crippen molar-refractivity contribution in [1.29, 1.82) is 5.26 Å². The van der Waals surface area contributed by atoms with Crippen molar-refractivity contribution in [1.82, 2.24) is 0 Å². The monoisotopic (exact) mass is 299 g/mol. The average Bonchev–Trinajstić information content (AvgIpc) is 2.48. The van der Waals surface area contributed by atoms with Gasteiger partial charge in [0.1, 0.15) is 19.7 Å². The number of esters is 1. The molecule has 0 saturated carbocycles. The van der Waals surface area contributed by atoms with Crippen molar-refractivity contribution >= 4 is 5.97 Å². The van der Waals surface area contributed by atoms with E-state index < -0.39 is 0 Å². The first-order valence-electron chi connectivity index (χ1n) is 7.00. The van der Waals surface area contributed by atoms with Crippen molar-refractivity contribution in [3.05, 3.63) is 60.2 Å². The summed E-state index contributed by atoms with van der Waals surface area (Å²) in [6, 6.07) is 9.53. The van der Waals surface area contributed by atoms with Crippen LogP contribution in [0.5, 0.6) is 0 Å². The van der Waals surface area contributed by atoms with E-state index in [1.807, 2.05) is 60.0 Å². The summed E-state index contributed by atoms with van der Waals surface area (Å²) in [5.74, 6) is -0.270. The first-order valence-corrected chi connectivity index (χ1v) is 7.00. The fourth-order valence-electron chi connectivity index (χ4n) is 1.77. The van der Waals surface area contributed by atoms with Gasteiger partial charge in [-0.2, -0.15) is 5.26 Å². The third-order valence-electron chi connectivity index (χ3n) is 2.73. The van der Waals surface area contributed by atoms with Crippen molar-refractivity contribution in [3.63, 3.8) is 0 Å². The van der Waals surface area contributed by atoms with Gasteiger partial charge in [0.2, 0.25) is 0 Å². The summed E-state index contributed by atoms with van der Waals surface area (Å²) in [6.07, 6.45) is 7.99. The predicted molar refractivity (Wildman–Crippen MR) is 80.5 cm³/mol. The highest BCUT2D eigenvalue weighted by atomic mass is 16.5. The van der Waals surface area contributed by atoms with Gasteiger partial charge in [-0.1, -0.05) is 0 Å². The Kier molecular flexibility index (Phi) is 7.27. The molecule has 2 aromatic heterocycles. The number of hydrogen-bond donors (Lipinski definition) is 0. The molecule has 5 nitrogen and oxygen atoms in total. The van der Waals surface area contributed by atoms with Gasteiger partial charge in [-0.15, -0.1) is 0 Å². The van der Waals surface area contributed by atoms with E-state index in [9.17, 15) is 4.79 Å². The lowest BCUT2D eigenvalue weighted by Crippen LogP contribution is -2.28. The Bertz CT molecular complexity index is 663. The molecule has 0 aliphatic carbocycles. The van der Waals surface area contributed by atoms with Crippen molar-refractivity contribution in [2.45, 2.75) is 13.3 Å². The molecule has 0 saturated heterocycles. The van der Waals surface area contributed by atoms with Gasteiger partial charge in [-0.25, -0.2) is 13.9 Å². The Morgan fingerprint density at radius 2 is 1.82 bits per heavy atom. The summed E-state index contributed by atoms with van der Waals surface area (Å²) in [7, 11) is 3.81. The van der Waals surface area contributed by atoms with Crippen LogP contribution in [0.25, 0.3) is 0 Å². The zero-order chi connectivity index (χ0) is 16.4. The number of carbonyl (C=O) groups is 1. The molecule has 0 aliphatic heterocycles. The van der Waals surface area contributed by atoms with E-state index in [1.54, 1.807) is 19.2 Å². The van der Waals surface area contributed by atoms with E-state index in [0.717, 1.165) is 5.56 Å². The van der Waals surface area contributed by atoms with Crippen LogP contribution in [0.2, 0.25) is 0 Å². The minimum atomic E-state index is -0.270. The van der Waals surface area contributed by atoms with Gasteiger partial charge >= 0.3 is 5.97 Å². The fourth-order valence-corrected chi connectivity index (χ4v) is 1.77. The molecule has 0 unspecified atom stereocenters. The van der Waals surface area contributed by atoms with Crippen LogP contribution in [0.15, 0.2) is 49.1 Å². The summed E-state index contributed by atoms with van der Waals surface area (Å²) in [5, 5.41) is 8.35. The predicted octanol–water partition coefficient (Wildman–Crippen LogP) is 1.26. The number of pyridine rings is 2. The number of carbonyl (C=O) groups excluding carboxylic acids is 1. The van der Waals surface area contributed by atoms with Gasteiger partial charge in [0, 0.05) is 17.7 Å². The first-order chi connectivity index (χ1) is 10.6. The van der Waals surface area contributed by atoms with E-state index >= 15 is 0 Å². The summed E-state index contributed by atoms with van der Waals surface area (Å²) < 4.78 is 8.58. The average molecular weight is 299 g/mol. The molecule has 2 heterocycles. The first kappa shape index (κ1) is 17.3. The third kappa shape index (κ3) is 6.14. The lowest BCUT2D eigenvalue weighted by molar-refractivity contribution is -0.671. The molecule has 0 N–H and O–H groups in total. The Morgan fingerprint density at radius 1 is 1.18 bits per heavy atom. The molecule has 2 aromatic rings. The van der Waals surface area contributed by atoms with Gasteiger partial charge in [-0.05, 0) is 19.1 Å². The van der Waals surface area contributed by atoms with Crippen LogP contribution in [-0.4, -0.2) is 12.6 Å². The summed E-state index contributed by atoms with van der Waals surface area (Å²) in [6.45, 7) is 2.21. The topological polar surface area (TPSA) is 57.9 Å². The number of hydrogen-bond acceptors (Lipinski definition) is 3. The molecule has 0 aliphatic rings. The van der Waals surface area contributed by atoms with Crippen LogP contribution in [0.3, 0.4) is 0 Å². The van der Waals surface area contributed by atoms with Gasteiger partial charge in [0.05, 0.1) is 19.1 Å². The molecule has 0 bridgehead atoms. The molecule has 22 heavy (non-hydrogen) atoms. The maximum absolute atomic E-state index is 11.2. The zero-order valence-corrected chi connectivity index (χ0v) is 13.2. The smallest absolute Gasteiger partial charge is 0.344 e. The number of aryl methyl sites for hydroxylation is 2. The van der Waals surface area contributed by atoms with Crippen LogP contribution in [0.4, 0.5) is 0 Å². The minimum Gasteiger partial charge on any atom is -0.462 e. The Morgan fingerprint density at radius 3 is 2.36 bits per heavy atom. The maximum atomic E-state index is 11.2. The Hall–Kier alpha value is -2.74. The van der Waals surface area contributed by atoms with Crippen LogP contribution in [0.1, 0.15) is 22.8 Å². The number of aromatic nitrogens is 2. The highest BCUT2D eigenvalue weighted by Gasteiger charge is 2.08. The lowest BCUT2D eigenvalue weighted by atomic mass is 10.2. The molecule has 5 heteroatoms. The van der Waals surface area contributed by atoms with Gasteiger partial charge in [0.25, 0.3) is 0 Å². The molecule has 0 fully saturated rings. The molecular weight excluding hydrogens is 278 g/mol. The van der Waals surface area contributed by atoms with Crippen molar-refractivity contribution < 1.29 is 18.7 Å². The number of nitriles is 1. The van der Waals surface area contributed by atoms with Crippen LogP contribution < -0.4 is 9.13 Å². The molecule has 0 atom stereocenters. The second kappa shape index (κ2) is 9.24. The molecule has 0 amide bonds. The number of nitrogens with zero attached hydrogens (tertiary/aromatic N) is 3. The zero-order valence-electron chi connectivity index (χ0n) is 13.2. The Labute approximate surface area is 131 Å². The van der Waals surface area contributed by atoms with E-state index in [-0.39, 0.29) is 5.97 Å². The normalized spacial score (nSPS) is 9.18. The van der Waals surface area contributed by atoms with Gasteiger partial charge in [0.15, 0.2) is 24.8 Å². The molecule has 0 aromatic carbocycles. The fraction of sp³-hybridized carbons (Fsp3) is 0.294. The second-order valence-corrected chi connectivity index (χ2v) is 4.69. The molecule has 0 spiro atoms. The van der Waals surface area contributed by atoms with Gasteiger partial charge in [-0.3, -0.25) is 0 Å². The van der Waals surface area contributed by atoms with E-state index in [4.69, 9.17) is 10.00 Å². The Balaban J connectivity index is 0.000000224. The van der Waals surface area contributed by atoms with Crippen LogP contribution >= 0.6 is 0 Å². The molecule has 114 valence electrons. The second-order valence-electron chi connectivity index (χ2n) is 4.69. The summed E-state index contributed by atoms with van der Waals surface area (Å²) in [5.41, 5.74) is 1.65. The number of ether oxygens (including phenoxy) is 1. The van der Waals surface area contributed by atoms with Crippen LogP contribution in [0, 0.1) is 11.3 Å². The SMILES string of the molecule is CCOC(=O)c1ccc[n+](C)c1.C[n+]1cccc(CC#N)c1. The highest BCUT2D eigenvalue weighted by Crippen LogP contribution is 1.96. The molecule has 0 radical (unpaired) electrons. The lowest BCUT2D eigenvalue weighted by Gasteiger charge is -1.98. The largest absolute Gasteiger partial charge is 0.462 e. The quantitative estimate of drug-likeness (QED) is 0.633. The van der Waals surface area contributed by atoms with E-state index in [0.29, 0.717) is 18.6 Å².